The fourth-order valence-electron chi connectivity index (χ4n) is 2.81. The average molecular weight is 238 g/mol. The first-order valence-corrected chi connectivity index (χ1v) is 6.19. The van der Waals surface area contributed by atoms with E-state index in [1.165, 1.54) is 0 Å². The summed E-state index contributed by atoms with van der Waals surface area (Å²) < 4.78 is 0. The van der Waals surface area contributed by atoms with Crippen molar-refractivity contribution >= 4 is 5.91 Å². The van der Waals surface area contributed by atoms with E-state index in [4.69, 9.17) is 5.53 Å². The predicted molar refractivity (Wildman–Crippen MR) is 62.1 cm³/mol. The van der Waals surface area contributed by atoms with Crippen LogP contribution < -0.4 is 0 Å². The molecule has 0 radical (unpaired) electrons. The second kappa shape index (κ2) is 5.38. The smallest absolute Gasteiger partial charge is 0.223 e. The number of likely N-dealkylation sites (tertiary alicyclic amines) is 1. The molecule has 6 nitrogen and oxygen atoms in total. The van der Waals surface area contributed by atoms with Gasteiger partial charge < -0.3 is 10.0 Å². The molecule has 0 aromatic rings. The number of amides is 1. The van der Waals surface area contributed by atoms with Gasteiger partial charge in [-0.15, -0.1) is 0 Å². The number of carbonyl (C=O) groups excluding carboxylic acids is 1. The maximum atomic E-state index is 11.9. The zero-order chi connectivity index (χ0) is 12.3. The Bertz CT molecular complexity index is 332. The minimum absolute atomic E-state index is 0.171. The third-order valence-electron chi connectivity index (χ3n) is 3.75. The van der Waals surface area contributed by atoms with Gasteiger partial charge in [0.05, 0.1) is 6.10 Å². The molecule has 0 bridgehead atoms. The number of aliphatic hydroxyl groups excluding tert-OH is 1. The highest BCUT2D eigenvalue weighted by Gasteiger charge is 2.35. The molecule has 2 rings (SSSR count). The molecule has 2 aliphatic rings. The van der Waals surface area contributed by atoms with Gasteiger partial charge >= 0.3 is 0 Å². The molecule has 1 aliphatic heterocycles. The van der Waals surface area contributed by atoms with Crippen LogP contribution >= 0.6 is 0 Å². The highest BCUT2D eigenvalue weighted by atomic mass is 16.3. The molecule has 1 amide bonds. The molecule has 6 heteroatoms. The van der Waals surface area contributed by atoms with Crippen molar-refractivity contribution in [2.24, 2.45) is 11.0 Å². The number of aliphatic hydroxyl groups is 1. The Kier molecular flexibility index (Phi) is 3.86. The summed E-state index contributed by atoms with van der Waals surface area (Å²) in [5, 5.41) is 13.0. The normalized spacial score (nSPS) is 33.6. The lowest BCUT2D eigenvalue weighted by Gasteiger charge is -2.33. The molecule has 1 unspecified atom stereocenters. The Hall–Kier alpha value is -1.26. The van der Waals surface area contributed by atoms with Gasteiger partial charge in [0.25, 0.3) is 0 Å². The number of nitrogens with zero attached hydrogens (tertiary/aromatic N) is 4. The predicted octanol–water partition coefficient (Wildman–Crippen LogP) is 1.45. The van der Waals surface area contributed by atoms with Crippen LogP contribution in [0.5, 0.6) is 0 Å². The van der Waals surface area contributed by atoms with Gasteiger partial charge in [-0.1, -0.05) is 5.11 Å². The van der Waals surface area contributed by atoms with Gasteiger partial charge in [0.2, 0.25) is 5.91 Å². The number of rotatable bonds is 3. The summed E-state index contributed by atoms with van der Waals surface area (Å²) in [4.78, 5) is 16.5. The Labute approximate surface area is 100 Å². The van der Waals surface area contributed by atoms with Crippen molar-refractivity contribution in [3.63, 3.8) is 0 Å². The fraction of sp³-hybridized carbons (Fsp3) is 0.909. The van der Waals surface area contributed by atoms with Gasteiger partial charge in [-0.05, 0) is 37.1 Å². The second-order valence-corrected chi connectivity index (χ2v) is 4.99. The molecule has 1 saturated heterocycles. The monoisotopic (exact) mass is 238 g/mol. The molecule has 1 saturated carbocycles. The van der Waals surface area contributed by atoms with E-state index in [9.17, 15) is 9.90 Å². The lowest BCUT2D eigenvalue weighted by Crippen LogP contribution is -2.40. The summed E-state index contributed by atoms with van der Waals surface area (Å²) >= 11 is 0. The standard InChI is InChI=1S/C11H18N4O2/c12-14-13-6-8-5-11(17)15(7-8)9-1-3-10(16)4-2-9/h8-10,16H,1-7H2. The molecule has 94 valence electrons. The van der Waals surface area contributed by atoms with Crippen LogP contribution in [0.3, 0.4) is 0 Å². The maximum Gasteiger partial charge on any atom is 0.223 e. The number of azide groups is 1. The van der Waals surface area contributed by atoms with E-state index in [1.807, 2.05) is 4.90 Å². The van der Waals surface area contributed by atoms with Crippen molar-refractivity contribution in [2.45, 2.75) is 44.2 Å². The van der Waals surface area contributed by atoms with E-state index >= 15 is 0 Å². The van der Waals surface area contributed by atoms with Gasteiger partial charge in [0, 0.05) is 30.5 Å². The van der Waals surface area contributed by atoms with Crippen molar-refractivity contribution in [2.75, 3.05) is 13.1 Å². The van der Waals surface area contributed by atoms with Crippen LogP contribution in [0.2, 0.25) is 0 Å². The van der Waals surface area contributed by atoms with Crippen molar-refractivity contribution in [3.05, 3.63) is 10.4 Å². The van der Waals surface area contributed by atoms with Crippen molar-refractivity contribution in [3.8, 4) is 0 Å². The van der Waals surface area contributed by atoms with Gasteiger partial charge in [0.1, 0.15) is 0 Å². The van der Waals surface area contributed by atoms with E-state index in [2.05, 4.69) is 10.0 Å². The SMILES string of the molecule is [N-]=[N+]=NCC1CC(=O)N(C2CCC(O)CC2)C1. The lowest BCUT2D eigenvalue weighted by molar-refractivity contribution is -0.130. The van der Waals surface area contributed by atoms with E-state index in [0.717, 1.165) is 25.7 Å². The van der Waals surface area contributed by atoms with E-state index in [-0.39, 0.29) is 24.0 Å². The largest absolute Gasteiger partial charge is 0.393 e. The van der Waals surface area contributed by atoms with Crippen LogP contribution in [0, 0.1) is 5.92 Å². The van der Waals surface area contributed by atoms with Crippen molar-refractivity contribution in [1.29, 1.82) is 0 Å². The van der Waals surface area contributed by atoms with Crippen molar-refractivity contribution in [1.82, 2.24) is 4.90 Å². The number of hydrogen-bond donors (Lipinski definition) is 1. The van der Waals surface area contributed by atoms with Crippen LogP contribution in [0.15, 0.2) is 5.11 Å². The summed E-state index contributed by atoms with van der Waals surface area (Å²) in [5.74, 6) is 0.342. The third kappa shape index (κ3) is 2.90. The average Bonchev–Trinajstić information content (AvgIpc) is 2.69. The van der Waals surface area contributed by atoms with Crippen LogP contribution in [0.1, 0.15) is 32.1 Å². The first-order chi connectivity index (χ1) is 8.20. The van der Waals surface area contributed by atoms with Crippen LogP contribution in [0.4, 0.5) is 0 Å². The number of hydrogen-bond acceptors (Lipinski definition) is 3. The Balaban J connectivity index is 1.89. The second-order valence-electron chi connectivity index (χ2n) is 4.99. The van der Waals surface area contributed by atoms with E-state index in [1.54, 1.807) is 0 Å². The van der Waals surface area contributed by atoms with Gasteiger partial charge in [-0.25, -0.2) is 0 Å². The third-order valence-corrected chi connectivity index (χ3v) is 3.75. The minimum Gasteiger partial charge on any atom is -0.393 e. The maximum absolute atomic E-state index is 11.9. The van der Waals surface area contributed by atoms with Crippen LogP contribution in [-0.4, -0.2) is 41.1 Å². The first-order valence-electron chi connectivity index (χ1n) is 6.19. The summed E-state index contributed by atoms with van der Waals surface area (Å²) in [5.41, 5.74) is 8.27. The molecule has 1 aliphatic carbocycles. The zero-order valence-electron chi connectivity index (χ0n) is 9.83. The minimum atomic E-state index is -0.192. The molecule has 1 heterocycles. The Morgan fingerprint density at radius 2 is 2.12 bits per heavy atom. The highest BCUT2D eigenvalue weighted by molar-refractivity contribution is 5.79. The molecule has 1 atom stereocenters. The van der Waals surface area contributed by atoms with Crippen molar-refractivity contribution < 1.29 is 9.90 Å². The topological polar surface area (TPSA) is 89.3 Å². The Morgan fingerprint density at radius 1 is 1.41 bits per heavy atom. The van der Waals surface area contributed by atoms with Crippen LogP contribution in [0.25, 0.3) is 10.4 Å². The zero-order valence-corrected chi connectivity index (χ0v) is 9.83. The van der Waals surface area contributed by atoms with Gasteiger partial charge in [-0.2, -0.15) is 0 Å². The molecular formula is C11H18N4O2. The van der Waals surface area contributed by atoms with Gasteiger partial charge in [0.15, 0.2) is 0 Å². The molecule has 0 spiro atoms. The summed E-state index contributed by atoms with van der Waals surface area (Å²) in [7, 11) is 0. The molecule has 0 aromatic carbocycles. The fourth-order valence-corrected chi connectivity index (χ4v) is 2.81. The van der Waals surface area contributed by atoms with Gasteiger partial charge in [-0.3, -0.25) is 4.79 Å². The molecule has 17 heavy (non-hydrogen) atoms. The summed E-state index contributed by atoms with van der Waals surface area (Å²) in [6.07, 6.45) is 3.66. The summed E-state index contributed by atoms with van der Waals surface area (Å²) in [6.45, 7) is 1.12. The van der Waals surface area contributed by atoms with Crippen LogP contribution in [-0.2, 0) is 4.79 Å². The quantitative estimate of drug-likeness (QED) is 0.458. The molecular weight excluding hydrogens is 220 g/mol. The summed E-state index contributed by atoms with van der Waals surface area (Å²) in [6, 6.07) is 0.280. The van der Waals surface area contributed by atoms with E-state index < -0.39 is 0 Å². The van der Waals surface area contributed by atoms with E-state index in [0.29, 0.717) is 19.5 Å². The highest BCUT2D eigenvalue weighted by Crippen LogP contribution is 2.28. The Morgan fingerprint density at radius 3 is 2.76 bits per heavy atom. The lowest BCUT2D eigenvalue weighted by atomic mass is 9.92. The number of carbonyl (C=O) groups is 1. The molecule has 0 aromatic heterocycles. The molecule has 1 N–H and O–H groups in total. The first kappa shape index (κ1) is 12.2. The molecule has 2 fully saturated rings.